The summed E-state index contributed by atoms with van der Waals surface area (Å²) >= 11 is 0. The Labute approximate surface area is 216 Å². The van der Waals surface area contributed by atoms with Crippen molar-refractivity contribution in [3.8, 4) is 5.75 Å². The standard InChI is InChI=1S/C26H28FN3O8/c1-4-8-5-11-16(27)10-6-9-7-12-18(30(2)3)21(33)15(24(28)36)23(35)26(12,38)22(34)13(9)19(31)14(10)20(32)17(11)29-25(8)37/h8-9,12,18,31-32,35,38H,4-7H2,1-3H3,(H2,28,36)(H,29,37)/t8?,9-,12-,18-,26-/m1/s1. The number of amides is 2. The quantitative estimate of drug-likeness (QED) is 0.241. The summed E-state index contributed by atoms with van der Waals surface area (Å²) in [6.45, 7) is 1.78. The van der Waals surface area contributed by atoms with E-state index in [9.17, 15) is 39.6 Å². The average Bonchev–Trinajstić information content (AvgIpc) is 2.84. The topological polar surface area (TPSA) is 190 Å². The zero-order valence-electron chi connectivity index (χ0n) is 21.0. The number of benzene rings is 1. The summed E-state index contributed by atoms with van der Waals surface area (Å²) in [7, 11) is 2.99. The molecule has 4 aliphatic rings. The summed E-state index contributed by atoms with van der Waals surface area (Å²) in [6.07, 6.45) is 0.183. The second-order valence-corrected chi connectivity index (χ2v) is 10.6. The molecule has 1 fully saturated rings. The van der Waals surface area contributed by atoms with E-state index in [1.54, 1.807) is 6.92 Å². The van der Waals surface area contributed by atoms with Gasteiger partial charge in [-0.25, -0.2) is 4.39 Å². The number of rotatable bonds is 3. The Morgan fingerprint density at radius 3 is 2.39 bits per heavy atom. The van der Waals surface area contributed by atoms with Gasteiger partial charge in [-0.3, -0.25) is 24.1 Å². The minimum Gasteiger partial charge on any atom is -0.508 e. The molecule has 1 aromatic carbocycles. The van der Waals surface area contributed by atoms with Gasteiger partial charge in [0.15, 0.2) is 17.1 Å². The van der Waals surface area contributed by atoms with Crippen molar-refractivity contribution in [2.75, 3.05) is 19.4 Å². The average molecular weight is 530 g/mol. The van der Waals surface area contributed by atoms with Crippen LogP contribution in [-0.2, 0) is 32.0 Å². The van der Waals surface area contributed by atoms with E-state index in [2.05, 4.69) is 5.32 Å². The summed E-state index contributed by atoms with van der Waals surface area (Å²) in [5, 5.41) is 47.2. The molecule has 7 N–H and O–H groups in total. The molecule has 0 saturated heterocycles. The number of phenolic OH excluding ortho intramolecular Hbond substituents is 1. The largest absolute Gasteiger partial charge is 0.508 e. The minimum atomic E-state index is -2.78. The molecule has 5 rings (SSSR count). The summed E-state index contributed by atoms with van der Waals surface area (Å²) in [5.74, 6) is -9.81. The molecule has 202 valence electrons. The van der Waals surface area contributed by atoms with Crippen LogP contribution in [0.15, 0.2) is 16.9 Å². The number of ketones is 2. The van der Waals surface area contributed by atoms with Gasteiger partial charge in [-0.1, -0.05) is 6.92 Å². The molecule has 1 heterocycles. The lowest BCUT2D eigenvalue weighted by molar-refractivity contribution is -0.153. The third-order valence-electron chi connectivity index (χ3n) is 8.48. The lowest BCUT2D eigenvalue weighted by Crippen LogP contribution is -2.65. The number of aromatic hydroxyl groups is 1. The van der Waals surface area contributed by atoms with Gasteiger partial charge in [-0.2, -0.15) is 0 Å². The van der Waals surface area contributed by atoms with E-state index in [0.29, 0.717) is 6.42 Å². The Balaban J connectivity index is 1.73. The molecule has 1 saturated carbocycles. The van der Waals surface area contributed by atoms with Gasteiger partial charge < -0.3 is 31.5 Å². The van der Waals surface area contributed by atoms with Gasteiger partial charge in [0.05, 0.1) is 17.3 Å². The van der Waals surface area contributed by atoms with Gasteiger partial charge in [-0.05, 0) is 45.7 Å². The van der Waals surface area contributed by atoms with E-state index >= 15 is 4.39 Å². The van der Waals surface area contributed by atoms with Crippen molar-refractivity contribution in [2.24, 2.45) is 23.5 Å². The van der Waals surface area contributed by atoms with Gasteiger partial charge in [0, 0.05) is 28.5 Å². The lowest BCUT2D eigenvalue weighted by atomic mass is 9.57. The Hall–Kier alpha value is -3.77. The maximum absolute atomic E-state index is 15.9. The minimum absolute atomic E-state index is 0.0411. The van der Waals surface area contributed by atoms with E-state index in [1.165, 1.54) is 19.0 Å². The Bertz CT molecular complexity index is 1410. The van der Waals surface area contributed by atoms with Gasteiger partial charge in [-0.15, -0.1) is 0 Å². The molecule has 5 atom stereocenters. The highest BCUT2D eigenvalue weighted by Gasteiger charge is 2.64. The van der Waals surface area contributed by atoms with Crippen molar-refractivity contribution >= 4 is 34.8 Å². The van der Waals surface area contributed by atoms with Crippen molar-refractivity contribution in [3.05, 3.63) is 39.4 Å². The van der Waals surface area contributed by atoms with Crippen LogP contribution in [0.5, 0.6) is 5.75 Å². The highest BCUT2D eigenvalue weighted by Crippen LogP contribution is 2.54. The van der Waals surface area contributed by atoms with E-state index in [4.69, 9.17) is 5.73 Å². The number of hydrogen-bond acceptors (Lipinski definition) is 9. The molecule has 0 aromatic heterocycles. The molecular weight excluding hydrogens is 501 g/mol. The van der Waals surface area contributed by atoms with E-state index in [0.717, 1.165) is 0 Å². The van der Waals surface area contributed by atoms with Gasteiger partial charge in [0.1, 0.15) is 22.9 Å². The van der Waals surface area contributed by atoms with Crippen LogP contribution in [0.25, 0.3) is 5.76 Å². The highest BCUT2D eigenvalue weighted by atomic mass is 19.1. The monoisotopic (exact) mass is 529 g/mol. The van der Waals surface area contributed by atoms with Crippen LogP contribution in [0.1, 0.15) is 36.5 Å². The SMILES string of the molecule is CCC1Cc2c(F)c3c(c(O)c2NC1=O)C(O)=C1C(=O)[C@@]2(O)C(O)=C(C(N)=O)C(=O)[C@H](N(C)C)[C@H]2C[C@H]1C3. The van der Waals surface area contributed by atoms with Crippen LogP contribution in [-0.4, -0.2) is 74.4 Å². The van der Waals surface area contributed by atoms with E-state index < -0.39 is 87.0 Å². The van der Waals surface area contributed by atoms with Crippen LogP contribution in [0.4, 0.5) is 10.1 Å². The molecule has 11 nitrogen and oxygen atoms in total. The molecule has 2 amide bonds. The third kappa shape index (κ3) is 3.13. The second-order valence-electron chi connectivity index (χ2n) is 10.6. The predicted octanol–water partition coefficient (Wildman–Crippen LogP) is 0.624. The normalized spacial score (nSPS) is 30.5. The lowest BCUT2D eigenvalue weighted by Gasteiger charge is -2.50. The van der Waals surface area contributed by atoms with Gasteiger partial charge >= 0.3 is 0 Å². The predicted molar refractivity (Wildman–Crippen MR) is 130 cm³/mol. The highest BCUT2D eigenvalue weighted by molar-refractivity contribution is 6.24. The molecule has 3 aliphatic carbocycles. The number of aliphatic hydroxyl groups excluding tert-OH is 2. The maximum Gasteiger partial charge on any atom is 0.255 e. The number of primary amides is 1. The Morgan fingerprint density at radius 1 is 1.16 bits per heavy atom. The number of halogens is 1. The summed E-state index contributed by atoms with van der Waals surface area (Å²) < 4.78 is 15.9. The maximum atomic E-state index is 15.9. The van der Waals surface area contributed by atoms with Crippen LogP contribution in [0.2, 0.25) is 0 Å². The fourth-order valence-electron chi connectivity index (χ4n) is 6.61. The fourth-order valence-corrected chi connectivity index (χ4v) is 6.61. The number of nitrogens with zero attached hydrogens (tertiary/aromatic N) is 1. The van der Waals surface area contributed by atoms with Crippen LogP contribution in [0.3, 0.4) is 0 Å². The first-order valence-corrected chi connectivity index (χ1v) is 12.3. The molecule has 12 heteroatoms. The first-order valence-electron chi connectivity index (χ1n) is 12.3. The van der Waals surface area contributed by atoms with E-state index in [1.807, 2.05) is 0 Å². The van der Waals surface area contributed by atoms with Gasteiger partial charge in [0.2, 0.25) is 11.7 Å². The Kier molecular flexibility index (Phi) is 5.69. The number of phenols is 1. The summed E-state index contributed by atoms with van der Waals surface area (Å²) in [5.41, 5.74) is 0.657. The molecule has 1 unspecified atom stereocenters. The third-order valence-corrected chi connectivity index (χ3v) is 8.48. The molecule has 0 spiro atoms. The van der Waals surface area contributed by atoms with Crippen LogP contribution < -0.4 is 11.1 Å². The van der Waals surface area contributed by atoms with Crippen molar-refractivity contribution in [2.45, 2.75) is 44.2 Å². The number of Topliss-reactive ketones (excluding diaryl/α,β-unsaturated/α-hetero) is 2. The van der Waals surface area contributed by atoms with Crippen LogP contribution in [0, 0.1) is 23.6 Å². The zero-order chi connectivity index (χ0) is 28.0. The van der Waals surface area contributed by atoms with Crippen molar-refractivity contribution < 1.29 is 44.0 Å². The summed E-state index contributed by atoms with van der Waals surface area (Å²) in [6, 6.07) is -1.23. The first kappa shape index (κ1) is 25.9. The van der Waals surface area contributed by atoms with Crippen molar-refractivity contribution in [3.63, 3.8) is 0 Å². The van der Waals surface area contributed by atoms with Crippen molar-refractivity contribution in [1.29, 1.82) is 0 Å². The first-order chi connectivity index (χ1) is 17.8. The van der Waals surface area contributed by atoms with Crippen LogP contribution >= 0.6 is 0 Å². The number of fused-ring (bicyclic) bond motifs is 4. The molecule has 1 aliphatic heterocycles. The number of anilines is 1. The molecular formula is C26H28FN3O8. The number of nitrogens with two attached hydrogens (primary N) is 1. The summed E-state index contributed by atoms with van der Waals surface area (Å²) in [4.78, 5) is 52.8. The molecule has 1 aromatic rings. The van der Waals surface area contributed by atoms with Gasteiger partial charge in [0.25, 0.3) is 5.91 Å². The van der Waals surface area contributed by atoms with E-state index in [-0.39, 0.29) is 41.6 Å². The number of aliphatic hydroxyl groups is 3. The number of carbonyl (C=O) groups excluding carboxylic acids is 4. The molecule has 0 bridgehead atoms. The number of carbonyl (C=O) groups is 4. The molecule has 0 radical (unpaired) electrons. The Morgan fingerprint density at radius 2 is 1.82 bits per heavy atom. The smallest absolute Gasteiger partial charge is 0.255 e. The number of hydrogen-bond donors (Lipinski definition) is 6. The number of likely N-dealkylation sites (N-methyl/N-ethyl adjacent to an activating group) is 1. The fraction of sp³-hybridized carbons (Fsp3) is 0.462. The van der Waals surface area contributed by atoms with Crippen molar-refractivity contribution in [1.82, 2.24) is 4.90 Å². The molecule has 38 heavy (non-hydrogen) atoms. The number of nitrogens with one attached hydrogen (secondary N) is 1. The zero-order valence-corrected chi connectivity index (χ0v) is 21.0. The second kappa shape index (κ2) is 8.37.